The van der Waals surface area contributed by atoms with E-state index in [0.29, 0.717) is 51.6 Å². The summed E-state index contributed by atoms with van der Waals surface area (Å²) in [6, 6.07) is 10.7. The van der Waals surface area contributed by atoms with E-state index in [1.165, 1.54) is 24.3 Å². The van der Waals surface area contributed by atoms with Gasteiger partial charge in [-0.1, -0.05) is 30.3 Å². The molecule has 1 heterocycles. The molecule has 0 spiro atoms. The Morgan fingerprint density at radius 2 is 1.77 bits per heavy atom. The summed E-state index contributed by atoms with van der Waals surface area (Å²) in [6.45, 7) is 1.67. The molecular formula is C28H30F5NO. The molecule has 3 atom stereocenters. The molecule has 1 aliphatic heterocycles. The van der Waals surface area contributed by atoms with E-state index in [1.54, 1.807) is 18.2 Å². The van der Waals surface area contributed by atoms with Gasteiger partial charge in [0.05, 0.1) is 6.54 Å². The summed E-state index contributed by atoms with van der Waals surface area (Å²) in [5.74, 6) is 0.428. The summed E-state index contributed by atoms with van der Waals surface area (Å²) in [5, 5.41) is 0. The smallest absolute Gasteiger partial charge is 0.298 e. The number of hydrogen-bond acceptors (Lipinski definition) is 2. The van der Waals surface area contributed by atoms with Crippen molar-refractivity contribution in [3.63, 3.8) is 0 Å². The number of carbonyl (C=O) groups excluding carboxylic acids is 1. The van der Waals surface area contributed by atoms with Crippen molar-refractivity contribution in [2.24, 2.45) is 5.92 Å². The Morgan fingerprint density at radius 1 is 1.06 bits per heavy atom. The first-order valence-corrected chi connectivity index (χ1v) is 12.4. The van der Waals surface area contributed by atoms with Crippen molar-refractivity contribution < 1.29 is 26.7 Å². The molecule has 2 aromatic rings. The molecule has 1 saturated carbocycles. The number of ketones is 1. The van der Waals surface area contributed by atoms with E-state index < -0.39 is 17.3 Å². The molecule has 0 aromatic heterocycles. The van der Waals surface area contributed by atoms with Gasteiger partial charge in [0.2, 0.25) is 5.67 Å². The largest absolute Gasteiger partial charge is 0.426 e. The Labute approximate surface area is 202 Å². The Morgan fingerprint density at radius 3 is 2.43 bits per heavy atom. The lowest BCUT2D eigenvalue weighted by Crippen LogP contribution is -2.48. The Bertz CT molecular complexity index is 1110. The Hall–Kier alpha value is -2.28. The number of fused-ring (bicyclic) bond motifs is 3. The maximum absolute atomic E-state index is 14.8. The number of Topliss-reactive ketones (excluding diaryl/α,β-unsaturated/α-hetero) is 1. The molecule has 0 bridgehead atoms. The van der Waals surface area contributed by atoms with E-state index in [9.17, 15) is 26.7 Å². The standard InChI is InChI=1S/C28H30F5NO/c1-26(30,28(31,32)33)21-7-10-24-20(15-21)6-11-25-27(24,16-19-4-8-22(29)9-5-19)12-13-34(25)17-23(35)14-18-2-3-18/h4-5,7-10,15,18,25H,2-3,6,11-14,16-17H2,1H3/t25-,26?,27-/m1/s1. The fourth-order valence-electron chi connectivity index (χ4n) is 6.21. The molecule has 3 aliphatic rings. The van der Waals surface area contributed by atoms with Crippen LogP contribution < -0.4 is 0 Å². The second-order valence-corrected chi connectivity index (χ2v) is 10.8. The minimum atomic E-state index is -5.00. The van der Waals surface area contributed by atoms with Crippen LogP contribution in [0.4, 0.5) is 22.0 Å². The van der Waals surface area contributed by atoms with E-state index in [2.05, 4.69) is 4.90 Å². The van der Waals surface area contributed by atoms with E-state index in [-0.39, 0.29) is 23.2 Å². The topological polar surface area (TPSA) is 20.3 Å². The van der Waals surface area contributed by atoms with Crippen LogP contribution in [0, 0.1) is 11.7 Å². The number of aryl methyl sites for hydroxylation is 1. The van der Waals surface area contributed by atoms with Gasteiger partial charge in [-0.2, -0.15) is 13.2 Å². The third-order valence-electron chi connectivity index (χ3n) is 8.35. The lowest BCUT2D eigenvalue weighted by atomic mass is 9.63. The monoisotopic (exact) mass is 491 g/mol. The van der Waals surface area contributed by atoms with E-state index >= 15 is 0 Å². The average molecular weight is 492 g/mol. The highest BCUT2D eigenvalue weighted by Gasteiger charge is 2.55. The van der Waals surface area contributed by atoms with Crippen LogP contribution in [0.25, 0.3) is 0 Å². The second kappa shape index (κ2) is 8.68. The molecule has 35 heavy (non-hydrogen) atoms. The van der Waals surface area contributed by atoms with Crippen molar-refractivity contribution in [2.75, 3.05) is 13.1 Å². The zero-order valence-electron chi connectivity index (χ0n) is 19.8. The third-order valence-corrected chi connectivity index (χ3v) is 8.35. The second-order valence-electron chi connectivity index (χ2n) is 10.8. The third kappa shape index (κ3) is 4.52. The van der Waals surface area contributed by atoms with E-state index in [4.69, 9.17) is 0 Å². The molecule has 2 aromatic carbocycles. The van der Waals surface area contributed by atoms with Gasteiger partial charge in [-0.3, -0.25) is 9.69 Å². The molecule has 5 rings (SSSR count). The fraction of sp³-hybridized carbons (Fsp3) is 0.536. The van der Waals surface area contributed by atoms with Gasteiger partial charge < -0.3 is 0 Å². The predicted molar refractivity (Wildman–Crippen MR) is 123 cm³/mol. The number of alkyl halides is 4. The van der Waals surface area contributed by atoms with Crippen molar-refractivity contribution >= 4 is 5.78 Å². The van der Waals surface area contributed by atoms with Crippen LogP contribution in [0.5, 0.6) is 0 Å². The summed E-state index contributed by atoms with van der Waals surface area (Å²) in [4.78, 5) is 14.9. The first kappa shape index (κ1) is 24.4. The fourth-order valence-corrected chi connectivity index (χ4v) is 6.21. The van der Waals surface area contributed by atoms with Gasteiger partial charge in [-0.15, -0.1) is 0 Å². The van der Waals surface area contributed by atoms with Crippen LogP contribution >= 0.6 is 0 Å². The maximum atomic E-state index is 14.8. The predicted octanol–water partition coefficient (Wildman–Crippen LogP) is 6.44. The van der Waals surface area contributed by atoms with Crippen molar-refractivity contribution in [3.8, 4) is 0 Å². The SMILES string of the molecule is CC(F)(c1ccc2c(c1)CC[C@H]1N(CC(=O)CC3CC3)CC[C@@]21Cc1ccc(F)cc1)C(F)(F)F. The molecule has 188 valence electrons. The number of carbonyl (C=O) groups is 1. The quantitative estimate of drug-likeness (QED) is 0.416. The molecule has 7 heteroatoms. The molecule has 2 aliphatic carbocycles. The molecule has 0 radical (unpaired) electrons. The van der Waals surface area contributed by atoms with Crippen LogP contribution in [-0.2, 0) is 28.7 Å². The molecule has 2 nitrogen and oxygen atoms in total. The maximum Gasteiger partial charge on any atom is 0.426 e. The minimum Gasteiger partial charge on any atom is -0.298 e. The summed E-state index contributed by atoms with van der Waals surface area (Å²) in [6.07, 6.45) is 0.379. The van der Waals surface area contributed by atoms with Crippen molar-refractivity contribution in [1.82, 2.24) is 4.90 Å². The minimum absolute atomic E-state index is 0.0495. The zero-order chi connectivity index (χ0) is 25.0. The van der Waals surface area contributed by atoms with Gasteiger partial charge in [0.15, 0.2) is 0 Å². The van der Waals surface area contributed by atoms with Crippen molar-refractivity contribution in [1.29, 1.82) is 0 Å². The number of likely N-dealkylation sites (tertiary alicyclic amines) is 1. The highest BCUT2D eigenvalue weighted by molar-refractivity contribution is 5.81. The van der Waals surface area contributed by atoms with Gasteiger partial charge in [-0.25, -0.2) is 8.78 Å². The highest BCUT2D eigenvalue weighted by atomic mass is 19.4. The Kier molecular flexibility index (Phi) is 6.06. The lowest BCUT2D eigenvalue weighted by molar-refractivity contribution is -0.228. The normalized spacial score (nSPS) is 26.2. The van der Waals surface area contributed by atoms with Crippen LogP contribution in [0.1, 0.15) is 61.3 Å². The summed E-state index contributed by atoms with van der Waals surface area (Å²) in [7, 11) is 0. The highest BCUT2D eigenvalue weighted by Crippen LogP contribution is 2.51. The number of nitrogens with zero attached hydrogens (tertiary/aromatic N) is 1. The summed E-state index contributed by atoms with van der Waals surface area (Å²) < 4.78 is 68.5. The van der Waals surface area contributed by atoms with E-state index in [1.807, 2.05) is 0 Å². The van der Waals surface area contributed by atoms with Gasteiger partial charge in [0, 0.05) is 17.9 Å². The van der Waals surface area contributed by atoms with Crippen molar-refractivity contribution in [2.45, 2.75) is 75.2 Å². The Balaban J connectivity index is 1.51. The van der Waals surface area contributed by atoms with Gasteiger partial charge in [0.1, 0.15) is 11.6 Å². The summed E-state index contributed by atoms with van der Waals surface area (Å²) in [5.41, 5.74) is -1.63. The number of hydrogen-bond donors (Lipinski definition) is 0. The van der Waals surface area contributed by atoms with Gasteiger partial charge in [0.25, 0.3) is 0 Å². The number of rotatable bonds is 7. The molecular weight excluding hydrogens is 461 g/mol. The zero-order valence-corrected chi connectivity index (χ0v) is 19.8. The first-order chi connectivity index (χ1) is 16.5. The molecule has 0 N–H and O–H groups in total. The van der Waals surface area contributed by atoms with Crippen LogP contribution in [-0.4, -0.2) is 36.0 Å². The average Bonchev–Trinajstić information content (AvgIpc) is 3.54. The summed E-state index contributed by atoms with van der Waals surface area (Å²) >= 11 is 0. The van der Waals surface area contributed by atoms with Crippen LogP contribution in [0.2, 0.25) is 0 Å². The lowest BCUT2D eigenvalue weighted by Gasteiger charge is -2.44. The van der Waals surface area contributed by atoms with Gasteiger partial charge >= 0.3 is 6.18 Å². The molecule has 2 fully saturated rings. The number of benzene rings is 2. The van der Waals surface area contributed by atoms with Crippen LogP contribution in [0.15, 0.2) is 42.5 Å². The van der Waals surface area contributed by atoms with Crippen molar-refractivity contribution in [3.05, 3.63) is 70.5 Å². The number of halogens is 5. The molecule has 0 amide bonds. The molecule has 1 saturated heterocycles. The van der Waals surface area contributed by atoms with E-state index in [0.717, 1.165) is 36.0 Å². The van der Waals surface area contributed by atoms with Gasteiger partial charge in [-0.05, 0) is 92.3 Å². The first-order valence-electron chi connectivity index (χ1n) is 12.4. The van der Waals surface area contributed by atoms with Crippen LogP contribution in [0.3, 0.4) is 0 Å². The molecule has 1 unspecified atom stereocenters.